The van der Waals surface area contributed by atoms with Crippen molar-refractivity contribution in [2.45, 2.75) is 13.8 Å². The van der Waals surface area contributed by atoms with Gasteiger partial charge in [-0.15, -0.1) is 0 Å². The molecular formula is C46H32N2. The Labute approximate surface area is 279 Å². The third-order valence-electron chi connectivity index (χ3n) is 10.2. The van der Waals surface area contributed by atoms with Crippen molar-refractivity contribution in [3.8, 4) is 27.9 Å². The highest BCUT2D eigenvalue weighted by Crippen LogP contribution is 2.51. The van der Waals surface area contributed by atoms with Gasteiger partial charge in [0, 0.05) is 33.5 Å². The van der Waals surface area contributed by atoms with Crippen LogP contribution in [0.15, 0.2) is 158 Å². The number of benzene rings is 8. The van der Waals surface area contributed by atoms with Crippen molar-refractivity contribution in [2.75, 3.05) is 4.90 Å². The molecule has 226 valence electrons. The Bertz CT molecular complexity index is 2690. The highest BCUT2D eigenvalue weighted by Gasteiger charge is 2.25. The molecule has 0 atom stereocenters. The molecule has 2 nitrogen and oxygen atoms in total. The number of rotatable bonds is 4. The van der Waals surface area contributed by atoms with Crippen molar-refractivity contribution in [1.82, 2.24) is 4.57 Å². The quantitative estimate of drug-likeness (QED) is 0.192. The number of anilines is 3. The van der Waals surface area contributed by atoms with E-state index in [1.807, 2.05) is 0 Å². The van der Waals surface area contributed by atoms with Crippen molar-refractivity contribution < 1.29 is 0 Å². The molecule has 0 N–H and O–H groups in total. The summed E-state index contributed by atoms with van der Waals surface area (Å²) in [6.07, 6.45) is 0. The third kappa shape index (κ3) is 3.99. The van der Waals surface area contributed by atoms with Gasteiger partial charge in [-0.2, -0.15) is 0 Å². The van der Waals surface area contributed by atoms with Crippen molar-refractivity contribution in [2.24, 2.45) is 0 Å². The average Bonchev–Trinajstić information content (AvgIpc) is 3.46. The normalized spacial score (nSPS) is 12.0. The highest BCUT2D eigenvalue weighted by molar-refractivity contribution is 6.13. The molecule has 9 aromatic rings. The zero-order valence-electron chi connectivity index (χ0n) is 26.9. The Balaban J connectivity index is 1.09. The van der Waals surface area contributed by atoms with Crippen LogP contribution in [0.25, 0.3) is 71.3 Å². The van der Waals surface area contributed by atoms with Crippen LogP contribution < -0.4 is 4.90 Å². The molecular weight excluding hydrogens is 581 g/mol. The maximum atomic E-state index is 2.40. The second-order valence-electron chi connectivity index (χ2n) is 13.2. The predicted octanol–water partition coefficient (Wildman–Crippen LogP) is 12.8. The first-order valence-electron chi connectivity index (χ1n) is 16.7. The minimum atomic E-state index is 1.16. The van der Waals surface area contributed by atoms with Crippen LogP contribution in [-0.4, -0.2) is 4.57 Å². The number of nitrogens with zero attached hydrogens (tertiary/aromatic N) is 2. The molecule has 0 saturated heterocycles. The van der Waals surface area contributed by atoms with Gasteiger partial charge in [0.05, 0.1) is 11.0 Å². The van der Waals surface area contributed by atoms with Gasteiger partial charge in [0.15, 0.2) is 0 Å². The molecule has 1 aliphatic rings. The number of fused-ring (bicyclic) bond motifs is 9. The molecule has 0 fully saturated rings. The fourth-order valence-corrected chi connectivity index (χ4v) is 7.81. The maximum Gasteiger partial charge on any atom is 0.0541 e. The minimum absolute atomic E-state index is 1.16. The van der Waals surface area contributed by atoms with Gasteiger partial charge in [-0.1, -0.05) is 84.4 Å². The zero-order chi connectivity index (χ0) is 31.9. The van der Waals surface area contributed by atoms with Gasteiger partial charge >= 0.3 is 0 Å². The van der Waals surface area contributed by atoms with Crippen LogP contribution >= 0.6 is 0 Å². The Hall–Kier alpha value is -6.12. The molecule has 0 saturated carbocycles. The van der Waals surface area contributed by atoms with E-state index >= 15 is 0 Å². The summed E-state index contributed by atoms with van der Waals surface area (Å²) in [5, 5.41) is 7.62. The van der Waals surface area contributed by atoms with Crippen molar-refractivity contribution in [3.63, 3.8) is 0 Å². The fourth-order valence-electron chi connectivity index (χ4n) is 7.81. The molecule has 1 heterocycles. The topological polar surface area (TPSA) is 8.17 Å². The van der Waals surface area contributed by atoms with E-state index in [1.165, 1.54) is 88.1 Å². The van der Waals surface area contributed by atoms with Crippen molar-refractivity contribution in [1.29, 1.82) is 0 Å². The first-order valence-corrected chi connectivity index (χ1v) is 16.7. The van der Waals surface area contributed by atoms with E-state index < -0.39 is 0 Å². The van der Waals surface area contributed by atoms with Crippen LogP contribution in [0.4, 0.5) is 17.1 Å². The Morgan fingerprint density at radius 1 is 0.417 bits per heavy atom. The molecule has 0 spiro atoms. The monoisotopic (exact) mass is 612 g/mol. The molecule has 1 aromatic heterocycles. The van der Waals surface area contributed by atoms with E-state index in [0.717, 1.165) is 11.4 Å². The molecule has 1 aliphatic carbocycles. The number of aromatic nitrogens is 1. The Morgan fingerprint density at radius 3 is 1.58 bits per heavy atom. The van der Waals surface area contributed by atoms with E-state index in [9.17, 15) is 0 Å². The maximum absolute atomic E-state index is 2.40. The second kappa shape index (κ2) is 10.2. The second-order valence-corrected chi connectivity index (χ2v) is 13.2. The zero-order valence-corrected chi connectivity index (χ0v) is 26.9. The van der Waals surface area contributed by atoms with Crippen LogP contribution in [0.3, 0.4) is 0 Å². The molecule has 0 bridgehead atoms. The van der Waals surface area contributed by atoms with Gasteiger partial charge in [-0.05, 0) is 142 Å². The van der Waals surface area contributed by atoms with Crippen LogP contribution in [0.1, 0.15) is 11.1 Å². The summed E-state index contributed by atoms with van der Waals surface area (Å²) in [4.78, 5) is 2.38. The number of para-hydroxylation sites is 3. The summed E-state index contributed by atoms with van der Waals surface area (Å²) >= 11 is 0. The first-order chi connectivity index (χ1) is 23.6. The molecule has 0 radical (unpaired) electrons. The summed E-state index contributed by atoms with van der Waals surface area (Å²) in [6.45, 7) is 4.33. The smallest absolute Gasteiger partial charge is 0.0541 e. The van der Waals surface area contributed by atoms with E-state index in [4.69, 9.17) is 0 Å². The molecule has 48 heavy (non-hydrogen) atoms. The molecule has 0 amide bonds. The van der Waals surface area contributed by atoms with E-state index in [-0.39, 0.29) is 0 Å². The Morgan fingerprint density at radius 2 is 0.938 bits per heavy atom. The Kier molecular flexibility index (Phi) is 5.74. The largest absolute Gasteiger partial charge is 0.310 e. The van der Waals surface area contributed by atoms with E-state index in [0.29, 0.717) is 0 Å². The number of hydrogen-bond donors (Lipinski definition) is 0. The number of aryl methyl sites for hydroxylation is 2. The molecule has 2 heteroatoms. The molecule has 10 rings (SSSR count). The summed E-state index contributed by atoms with van der Waals surface area (Å²) in [7, 11) is 0. The standard InChI is InChI=1S/C46H32N2/c1-29-15-19-35(20-16-29)47(44-12-6-3-9-30(44)2)36-21-17-31-25-40-41-26-32-18-22-37(24-34(32)28-43(41)42(40)27-33(31)23-36)48-45-13-7-4-10-38(45)39-11-5-8-14-46(39)48/h3-28H,1-2H3. The van der Waals surface area contributed by atoms with Gasteiger partial charge in [-0.25, -0.2) is 0 Å². The van der Waals surface area contributed by atoms with Crippen LogP contribution in [0.5, 0.6) is 0 Å². The van der Waals surface area contributed by atoms with Gasteiger partial charge in [-0.3, -0.25) is 0 Å². The lowest BCUT2D eigenvalue weighted by atomic mass is 9.78. The van der Waals surface area contributed by atoms with E-state index in [1.54, 1.807) is 0 Å². The highest BCUT2D eigenvalue weighted by atomic mass is 15.1. The lowest BCUT2D eigenvalue weighted by Crippen LogP contribution is -2.11. The SMILES string of the molecule is Cc1ccc(N(c2ccc3cc4c(cc3c2)-c2cc3cc(-n5c6ccccc6c6ccccc65)ccc3cc2-4)c2ccccc2C)cc1. The summed E-state index contributed by atoms with van der Waals surface area (Å²) < 4.78 is 2.40. The molecule has 0 unspecified atom stereocenters. The molecule has 8 aromatic carbocycles. The van der Waals surface area contributed by atoms with Crippen LogP contribution in [-0.2, 0) is 0 Å². The van der Waals surface area contributed by atoms with Crippen LogP contribution in [0, 0.1) is 13.8 Å². The van der Waals surface area contributed by atoms with Crippen LogP contribution in [0.2, 0.25) is 0 Å². The summed E-state index contributed by atoms with van der Waals surface area (Å²) in [6, 6.07) is 58.2. The van der Waals surface area contributed by atoms with Gasteiger partial charge < -0.3 is 9.47 Å². The van der Waals surface area contributed by atoms with Crippen molar-refractivity contribution in [3.05, 3.63) is 169 Å². The summed E-state index contributed by atoms with van der Waals surface area (Å²) in [5.41, 5.74) is 15.0. The molecule has 0 aliphatic heterocycles. The average molecular weight is 613 g/mol. The minimum Gasteiger partial charge on any atom is -0.310 e. The lowest BCUT2D eigenvalue weighted by molar-refractivity contribution is 1.19. The van der Waals surface area contributed by atoms with Gasteiger partial charge in [0.1, 0.15) is 0 Å². The fraction of sp³-hybridized carbons (Fsp3) is 0.0435. The first kappa shape index (κ1) is 27.0. The van der Waals surface area contributed by atoms with E-state index in [2.05, 4.69) is 181 Å². The van der Waals surface area contributed by atoms with Crippen molar-refractivity contribution >= 4 is 60.4 Å². The number of hydrogen-bond acceptors (Lipinski definition) is 1. The lowest BCUT2D eigenvalue weighted by Gasteiger charge is -2.28. The summed E-state index contributed by atoms with van der Waals surface area (Å²) in [5.74, 6) is 0. The predicted molar refractivity (Wildman–Crippen MR) is 204 cm³/mol. The van der Waals surface area contributed by atoms with Gasteiger partial charge in [0.2, 0.25) is 0 Å². The third-order valence-corrected chi connectivity index (χ3v) is 10.2. The van der Waals surface area contributed by atoms with Gasteiger partial charge in [0.25, 0.3) is 0 Å².